The van der Waals surface area contributed by atoms with Crippen molar-refractivity contribution in [3.8, 4) is 0 Å². The highest BCUT2D eigenvalue weighted by atomic mass is 19.2. The van der Waals surface area contributed by atoms with Crippen LogP contribution in [0.5, 0.6) is 0 Å². The van der Waals surface area contributed by atoms with Crippen LogP contribution in [-0.4, -0.2) is 18.3 Å². The van der Waals surface area contributed by atoms with E-state index >= 15 is 0 Å². The van der Waals surface area contributed by atoms with Crippen molar-refractivity contribution in [1.82, 2.24) is 5.32 Å². The molecule has 1 aromatic rings. The summed E-state index contributed by atoms with van der Waals surface area (Å²) in [7, 11) is 0. The average molecular weight is 273 g/mol. The molecular weight excluding hydrogens is 255 g/mol. The van der Waals surface area contributed by atoms with E-state index in [0.717, 1.165) is 25.3 Å². The maximum absolute atomic E-state index is 13.4. The lowest BCUT2D eigenvalue weighted by Crippen LogP contribution is -2.26. The molecule has 0 bridgehead atoms. The summed E-state index contributed by atoms with van der Waals surface area (Å²) < 4.78 is 39.1. The van der Waals surface area contributed by atoms with E-state index in [1.807, 2.05) is 0 Å². The first kappa shape index (κ1) is 14.3. The van der Waals surface area contributed by atoms with E-state index in [2.05, 4.69) is 5.32 Å². The van der Waals surface area contributed by atoms with Crippen molar-refractivity contribution in [3.63, 3.8) is 0 Å². The van der Waals surface area contributed by atoms with E-state index in [0.29, 0.717) is 24.4 Å². The molecule has 2 nitrogen and oxygen atoms in total. The molecule has 0 amide bonds. The van der Waals surface area contributed by atoms with Crippen LogP contribution in [0, 0.1) is 29.3 Å². The molecule has 2 N–H and O–H groups in total. The average Bonchev–Trinajstić information content (AvgIpc) is 2.83. The van der Waals surface area contributed by atoms with E-state index in [9.17, 15) is 18.3 Å². The molecule has 1 saturated carbocycles. The number of hydrogen-bond donors (Lipinski definition) is 2. The van der Waals surface area contributed by atoms with Crippen molar-refractivity contribution in [1.29, 1.82) is 0 Å². The fourth-order valence-electron chi connectivity index (χ4n) is 2.71. The molecule has 106 valence electrons. The van der Waals surface area contributed by atoms with Crippen LogP contribution in [0.4, 0.5) is 13.2 Å². The number of benzene rings is 1. The van der Waals surface area contributed by atoms with Crippen molar-refractivity contribution in [2.24, 2.45) is 11.8 Å². The van der Waals surface area contributed by atoms with Crippen LogP contribution in [0.25, 0.3) is 0 Å². The standard InChI is InChI=1S/C14H18F3NO/c15-12-5-14(17)13(16)4-11(12)7-18-6-9-2-1-3-10(9)8-19/h4-5,9-10,18-19H,1-3,6-8H2. The molecule has 1 aliphatic rings. The molecular formula is C14H18F3NO. The monoisotopic (exact) mass is 273 g/mol. The Bertz CT molecular complexity index is 439. The molecule has 1 aromatic carbocycles. The largest absolute Gasteiger partial charge is 0.396 e. The Labute approximate surface area is 110 Å². The van der Waals surface area contributed by atoms with Crippen LogP contribution in [0.2, 0.25) is 0 Å². The van der Waals surface area contributed by atoms with Gasteiger partial charge in [0.05, 0.1) is 0 Å². The fourth-order valence-corrected chi connectivity index (χ4v) is 2.71. The second-order valence-corrected chi connectivity index (χ2v) is 5.12. The third-order valence-corrected chi connectivity index (χ3v) is 3.86. The molecule has 19 heavy (non-hydrogen) atoms. The summed E-state index contributed by atoms with van der Waals surface area (Å²) in [5.41, 5.74) is 0.123. The molecule has 0 aliphatic heterocycles. The Kier molecular flexibility index (Phi) is 4.82. The summed E-state index contributed by atoms with van der Waals surface area (Å²) in [6.45, 7) is 0.993. The van der Waals surface area contributed by atoms with E-state index in [4.69, 9.17) is 0 Å². The van der Waals surface area contributed by atoms with Crippen molar-refractivity contribution in [2.75, 3.05) is 13.2 Å². The molecule has 0 spiro atoms. The third-order valence-electron chi connectivity index (χ3n) is 3.86. The quantitative estimate of drug-likeness (QED) is 0.808. The van der Waals surface area contributed by atoms with Gasteiger partial charge >= 0.3 is 0 Å². The van der Waals surface area contributed by atoms with Crippen LogP contribution in [0.3, 0.4) is 0 Å². The second kappa shape index (κ2) is 6.39. The molecule has 0 aromatic heterocycles. The second-order valence-electron chi connectivity index (χ2n) is 5.12. The zero-order valence-corrected chi connectivity index (χ0v) is 10.6. The molecule has 1 fully saturated rings. The van der Waals surface area contributed by atoms with Crippen LogP contribution in [0.15, 0.2) is 12.1 Å². The summed E-state index contributed by atoms with van der Waals surface area (Å²) in [4.78, 5) is 0. The first-order valence-corrected chi connectivity index (χ1v) is 6.56. The highest BCUT2D eigenvalue weighted by molar-refractivity contribution is 5.19. The van der Waals surface area contributed by atoms with Crippen molar-refractivity contribution in [3.05, 3.63) is 35.1 Å². The topological polar surface area (TPSA) is 32.3 Å². The van der Waals surface area contributed by atoms with Gasteiger partial charge < -0.3 is 10.4 Å². The summed E-state index contributed by atoms with van der Waals surface area (Å²) >= 11 is 0. The molecule has 0 heterocycles. The molecule has 2 rings (SSSR count). The van der Waals surface area contributed by atoms with Gasteiger partial charge in [-0.2, -0.15) is 0 Å². The highest BCUT2D eigenvalue weighted by Gasteiger charge is 2.26. The summed E-state index contributed by atoms with van der Waals surface area (Å²) in [5, 5.41) is 12.2. The molecule has 0 saturated heterocycles. The lowest BCUT2D eigenvalue weighted by atomic mass is 9.97. The first-order valence-electron chi connectivity index (χ1n) is 6.56. The van der Waals surface area contributed by atoms with Crippen molar-refractivity contribution in [2.45, 2.75) is 25.8 Å². The third kappa shape index (κ3) is 3.48. The number of aliphatic hydroxyl groups excluding tert-OH is 1. The van der Waals surface area contributed by atoms with Gasteiger partial charge in [-0.3, -0.25) is 0 Å². The SMILES string of the molecule is OCC1CCCC1CNCc1cc(F)c(F)cc1F. The molecule has 5 heteroatoms. The number of hydrogen-bond acceptors (Lipinski definition) is 2. The Balaban J connectivity index is 1.87. The maximum atomic E-state index is 13.4. The molecule has 2 unspecified atom stereocenters. The predicted molar refractivity (Wildman–Crippen MR) is 65.9 cm³/mol. The number of aliphatic hydroxyl groups is 1. The Hall–Kier alpha value is -1.07. The van der Waals surface area contributed by atoms with E-state index in [-0.39, 0.29) is 18.7 Å². The minimum absolute atomic E-state index is 0.123. The minimum atomic E-state index is -1.17. The molecule has 0 radical (unpaired) electrons. The zero-order valence-electron chi connectivity index (χ0n) is 10.6. The van der Waals surface area contributed by atoms with Gasteiger partial charge in [0.25, 0.3) is 0 Å². The van der Waals surface area contributed by atoms with Crippen molar-refractivity contribution < 1.29 is 18.3 Å². The Morgan fingerprint density at radius 1 is 1.05 bits per heavy atom. The lowest BCUT2D eigenvalue weighted by Gasteiger charge is -2.18. The van der Waals surface area contributed by atoms with Crippen LogP contribution >= 0.6 is 0 Å². The van der Waals surface area contributed by atoms with Crippen molar-refractivity contribution >= 4 is 0 Å². The van der Waals surface area contributed by atoms with Gasteiger partial charge in [-0.15, -0.1) is 0 Å². The van der Waals surface area contributed by atoms with Crippen LogP contribution in [0.1, 0.15) is 24.8 Å². The minimum Gasteiger partial charge on any atom is -0.396 e. The number of rotatable bonds is 5. The number of halogens is 3. The maximum Gasteiger partial charge on any atom is 0.161 e. The van der Waals surface area contributed by atoms with E-state index < -0.39 is 17.5 Å². The normalized spacial score (nSPS) is 22.9. The van der Waals surface area contributed by atoms with Gasteiger partial charge in [0.1, 0.15) is 5.82 Å². The van der Waals surface area contributed by atoms with Gasteiger partial charge in [-0.1, -0.05) is 6.42 Å². The van der Waals surface area contributed by atoms with Gasteiger partial charge in [-0.25, -0.2) is 13.2 Å². The van der Waals surface area contributed by atoms with E-state index in [1.54, 1.807) is 0 Å². The first-order chi connectivity index (χ1) is 9.11. The van der Waals surface area contributed by atoms with Gasteiger partial charge in [0.15, 0.2) is 11.6 Å². The molecule has 1 aliphatic carbocycles. The Morgan fingerprint density at radius 2 is 1.74 bits per heavy atom. The summed E-state index contributed by atoms with van der Waals surface area (Å²) in [6, 6.07) is 1.45. The molecule has 2 atom stereocenters. The van der Waals surface area contributed by atoms with Gasteiger partial charge in [0, 0.05) is 24.8 Å². The van der Waals surface area contributed by atoms with Crippen LogP contribution < -0.4 is 5.32 Å². The zero-order chi connectivity index (χ0) is 13.8. The predicted octanol–water partition coefficient (Wildman–Crippen LogP) is 2.60. The highest BCUT2D eigenvalue weighted by Crippen LogP contribution is 2.30. The van der Waals surface area contributed by atoms with E-state index in [1.165, 1.54) is 0 Å². The van der Waals surface area contributed by atoms with Crippen LogP contribution in [-0.2, 0) is 6.54 Å². The summed E-state index contributed by atoms with van der Waals surface area (Å²) in [6.07, 6.45) is 3.15. The lowest BCUT2D eigenvalue weighted by molar-refractivity contribution is 0.192. The van der Waals surface area contributed by atoms with Gasteiger partial charge in [0.2, 0.25) is 0 Å². The van der Waals surface area contributed by atoms with Gasteiger partial charge in [-0.05, 0) is 37.3 Å². The summed E-state index contributed by atoms with van der Waals surface area (Å²) in [5.74, 6) is -2.28. The number of nitrogens with one attached hydrogen (secondary N) is 1. The fraction of sp³-hybridized carbons (Fsp3) is 0.571. The smallest absolute Gasteiger partial charge is 0.161 e. The Morgan fingerprint density at radius 3 is 2.47 bits per heavy atom.